The molecule has 0 aliphatic rings. The van der Waals surface area contributed by atoms with E-state index in [1.807, 2.05) is 19.1 Å². The van der Waals surface area contributed by atoms with Crippen molar-refractivity contribution in [1.29, 1.82) is 0 Å². The molecule has 0 unspecified atom stereocenters. The third kappa shape index (κ3) is 5.67. The topological polar surface area (TPSA) is 74.3 Å². The van der Waals surface area contributed by atoms with Crippen LogP contribution in [0.25, 0.3) is 22.8 Å². The Morgan fingerprint density at radius 3 is 2.17 bits per heavy atom. The van der Waals surface area contributed by atoms with Gasteiger partial charge in [-0.3, -0.25) is 4.98 Å². The molecule has 5 rings (SSSR count). The molecule has 0 N–H and O–H groups in total. The van der Waals surface area contributed by atoms with Crippen molar-refractivity contribution in [2.45, 2.75) is 38.8 Å². The zero-order valence-corrected chi connectivity index (χ0v) is 22.2. The molecule has 0 bridgehead atoms. The maximum absolute atomic E-state index is 13.5. The highest BCUT2D eigenvalue weighted by molar-refractivity contribution is 6.31. The highest BCUT2D eigenvalue weighted by atomic mass is 35.5. The minimum Gasteiger partial charge on any atom is -0.302 e. The number of benzene rings is 2. The number of halogens is 7. The number of aromatic nitrogens is 7. The Labute approximate surface area is 234 Å². The number of pyridine rings is 1. The summed E-state index contributed by atoms with van der Waals surface area (Å²) in [7, 11) is 0. The Kier molecular flexibility index (Phi) is 7.32. The molecule has 0 saturated carbocycles. The number of rotatable bonds is 6. The van der Waals surface area contributed by atoms with Gasteiger partial charge in [0.2, 0.25) is 0 Å². The first-order chi connectivity index (χ1) is 19.3. The van der Waals surface area contributed by atoms with Gasteiger partial charge in [-0.2, -0.15) is 26.3 Å². The van der Waals surface area contributed by atoms with E-state index in [0.717, 1.165) is 5.56 Å². The Morgan fingerprint density at radius 2 is 1.56 bits per heavy atom. The minimum atomic E-state index is -4.99. The summed E-state index contributed by atoms with van der Waals surface area (Å²) in [6, 6.07) is 11.6. The maximum atomic E-state index is 13.5. The van der Waals surface area contributed by atoms with Gasteiger partial charge in [-0.05, 0) is 61.4 Å². The Hall–Kier alpha value is -4.26. The summed E-state index contributed by atoms with van der Waals surface area (Å²) in [6.07, 6.45) is -6.97. The first-order valence-corrected chi connectivity index (χ1v) is 12.5. The molecule has 0 saturated heterocycles. The third-order valence-corrected chi connectivity index (χ3v) is 6.81. The lowest BCUT2D eigenvalue weighted by atomic mass is 10.0. The van der Waals surface area contributed by atoms with E-state index in [9.17, 15) is 26.3 Å². The van der Waals surface area contributed by atoms with Gasteiger partial charge in [0.25, 0.3) is 0 Å². The predicted molar refractivity (Wildman–Crippen MR) is 138 cm³/mol. The van der Waals surface area contributed by atoms with E-state index in [1.54, 1.807) is 35.8 Å². The first-order valence-electron chi connectivity index (χ1n) is 12.1. The maximum Gasteiger partial charge on any atom is 0.416 e. The largest absolute Gasteiger partial charge is 0.416 e. The smallest absolute Gasteiger partial charge is 0.302 e. The normalized spacial score (nSPS) is 13.0. The van der Waals surface area contributed by atoms with Crippen LogP contribution < -0.4 is 0 Å². The molecule has 0 aliphatic heterocycles. The van der Waals surface area contributed by atoms with Crippen LogP contribution in [0.5, 0.6) is 0 Å². The molecule has 212 valence electrons. The van der Waals surface area contributed by atoms with E-state index in [4.69, 9.17) is 11.6 Å². The Balaban J connectivity index is 1.66. The molecular weight excluding hydrogens is 572 g/mol. The van der Waals surface area contributed by atoms with Gasteiger partial charge in [0.1, 0.15) is 11.5 Å². The lowest BCUT2D eigenvalue weighted by Gasteiger charge is -2.19. The second-order valence-corrected chi connectivity index (χ2v) is 9.65. The van der Waals surface area contributed by atoms with Crippen LogP contribution in [0.3, 0.4) is 0 Å². The highest BCUT2D eigenvalue weighted by Gasteiger charge is 2.37. The number of hydrogen-bond acceptors (Lipinski definition) is 5. The quantitative estimate of drug-likeness (QED) is 0.194. The van der Waals surface area contributed by atoms with Gasteiger partial charge in [0, 0.05) is 23.0 Å². The van der Waals surface area contributed by atoms with Crippen LogP contribution in [-0.4, -0.2) is 34.7 Å². The van der Waals surface area contributed by atoms with Crippen LogP contribution in [0.2, 0.25) is 5.02 Å². The average molecular weight is 592 g/mol. The standard InChI is InChI=1S/C27H20ClF6N7/c1-15(21-7-3-4-8-22(21)28)41-16(2)36-38-25(41)23-24(18-6-5-9-35-13-18)40(39-37-23)14-17-10-19(26(29,30)31)12-20(11-17)27(32,33)34/h3-13,15H,14H2,1-2H3/t15-/m1/s1. The summed E-state index contributed by atoms with van der Waals surface area (Å²) in [5.74, 6) is 0.798. The molecule has 0 amide bonds. The van der Waals surface area contributed by atoms with Crippen LogP contribution in [-0.2, 0) is 18.9 Å². The lowest BCUT2D eigenvalue weighted by molar-refractivity contribution is -0.143. The summed E-state index contributed by atoms with van der Waals surface area (Å²) in [5, 5.41) is 17.4. The van der Waals surface area contributed by atoms with Gasteiger partial charge in [0.05, 0.1) is 23.7 Å². The molecule has 3 aromatic heterocycles. The molecule has 2 aromatic carbocycles. The zero-order chi connectivity index (χ0) is 29.5. The molecule has 41 heavy (non-hydrogen) atoms. The molecule has 0 fully saturated rings. The molecule has 0 spiro atoms. The highest BCUT2D eigenvalue weighted by Crippen LogP contribution is 2.38. The number of aryl methyl sites for hydroxylation is 1. The Morgan fingerprint density at radius 1 is 0.878 bits per heavy atom. The predicted octanol–water partition coefficient (Wildman–Crippen LogP) is 7.26. The Bertz CT molecular complexity index is 1660. The molecule has 5 aromatic rings. The van der Waals surface area contributed by atoms with Crippen molar-refractivity contribution < 1.29 is 26.3 Å². The summed E-state index contributed by atoms with van der Waals surface area (Å²) in [6.45, 7) is 3.17. The van der Waals surface area contributed by atoms with Gasteiger partial charge >= 0.3 is 12.4 Å². The second kappa shape index (κ2) is 10.6. The van der Waals surface area contributed by atoms with Crippen molar-refractivity contribution in [3.63, 3.8) is 0 Å². The van der Waals surface area contributed by atoms with Crippen molar-refractivity contribution in [2.24, 2.45) is 0 Å². The van der Waals surface area contributed by atoms with E-state index in [0.29, 0.717) is 28.5 Å². The molecular formula is C27H20ClF6N7. The fraction of sp³-hybridized carbons (Fsp3) is 0.222. The van der Waals surface area contributed by atoms with Crippen molar-refractivity contribution >= 4 is 11.6 Å². The van der Waals surface area contributed by atoms with Crippen LogP contribution in [0.4, 0.5) is 26.3 Å². The molecule has 7 nitrogen and oxygen atoms in total. The molecule has 0 radical (unpaired) electrons. The van der Waals surface area contributed by atoms with E-state index < -0.39 is 30.0 Å². The fourth-order valence-electron chi connectivity index (χ4n) is 4.59. The zero-order valence-electron chi connectivity index (χ0n) is 21.4. The lowest BCUT2D eigenvalue weighted by Crippen LogP contribution is -2.13. The monoisotopic (exact) mass is 591 g/mol. The van der Waals surface area contributed by atoms with Gasteiger partial charge in [-0.25, -0.2) is 4.68 Å². The first kappa shape index (κ1) is 28.3. The van der Waals surface area contributed by atoms with Crippen LogP contribution in [0.15, 0.2) is 67.0 Å². The molecule has 0 aliphatic carbocycles. The summed E-state index contributed by atoms with van der Waals surface area (Å²) in [4.78, 5) is 4.11. The van der Waals surface area contributed by atoms with Crippen molar-refractivity contribution in [2.75, 3.05) is 0 Å². The van der Waals surface area contributed by atoms with Gasteiger partial charge in [-0.1, -0.05) is 35.0 Å². The molecule has 14 heteroatoms. The van der Waals surface area contributed by atoms with Crippen molar-refractivity contribution in [3.8, 4) is 22.8 Å². The second-order valence-electron chi connectivity index (χ2n) is 9.24. The average Bonchev–Trinajstić information content (AvgIpc) is 3.51. The van der Waals surface area contributed by atoms with E-state index in [2.05, 4.69) is 25.5 Å². The van der Waals surface area contributed by atoms with Crippen molar-refractivity contribution in [3.05, 3.63) is 100 Å². The molecule has 1 atom stereocenters. The van der Waals surface area contributed by atoms with Gasteiger partial charge in [0.15, 0.2) is 11.5 Å². The third-order valence-electron chi connectivity index (χ3n) is 6.47. The van der Waals surface area contributed by atoms with Gasteiger partial charge < -0.3 is 4.57 Å². The summed E-state index contributed by atoms with van der Waals surface area (Å²) < 4.78 is 84.0. The number of nitrogens with zero attached hydrogens (tertiary/aromatic N) is 7. The summed E-state index contributed by atoms with van der Waals surface area (Å²) >= 11 is 6.44. The van der Waals surface area contributed by atoms with Crippen LogP contribution in [0, 0.1) is 6.92 Å². The minimum absolute atomic E-state index is 0.0830. The van der Waals surface area contributed by atoms with Gasteiger partial charge in [-0.15, -0.1) is 15.3 Å². The van der Waals surface area contributed by atoms with E-state index in [1.165, 1.54) is 17.1 Å². The fourth-order valence-corrected chi connectivity index (χ4v) is 4.89. The van der Waals surface area contributed by atoms with Crippen molar-refractivity contribution in [1.82, 2.24) is 34.7 Å². The summed E-state index contributed by atoms with van der Waals surface area (Å²) in [5.41, 5.74) is -1.38. The van der Waals surface area contributed by atoms with E-state index in [-0.39, 0.29) is 34.9 Å². The number of hydrogen-bond donors (Lipinski definition) is 0. The number of alkyl halides is 6. The van der Waals surface area contributed by atoms with Crippen LogP contribution >= 0.6 is 11.6 Å². The van der Waals surface area contributed by atoms with Crippen LogP contribution in [0.1, 0.15) is 41.0 Å². The molecule has 3 heterocycles. The van der Waals surface area contributed by atoms with E-state index >= 15 is 0 Å². The SMILES string of the molecule is Cc1nnc(-c2nnn(Cc3cc(C(F)(F)F)cc(C(F)(F)F)c3)c2-c2cccnc2)n1[C@H](C)c1ccccc1Cl.